The van der Waals surface area contributed by atoms with Crippen molar-refractivity contribution in [2.75, 3.05) is 10.6 Å². The van der Waals surface area contributed by atoms with Gasteiger partial charge in [0, 0.05) is 7.05 Å². The van der Waals surface area contributed by atoms with E-state index in [1.54, 1.807) is 24.3 Å². The van der Waals surface area contributed by atoms with E-state index in [4.69, 9.17) is 11.6 Å². The number of halogens is 1. The Balaban J connectivity index is 1.81. The number of amides is 2. The molecule has 0 bridgehead atoms. The summed E-state index contributed by atoms with van der Waals surface area (Å²) < 4.78 is 1.82. The number of anilines is 2. The van der Waals surface area contributed by atoms with Gasteiger partial charge in [-0.3, -0.25) is 5.32 Å². The Morgan fingerprint density at radius 2 is 1.81 bits per heavy atom. The Morgan fingerprint density at radius 1 is 1.10 bits per heavy atom. The highest BCUT2D eigenvalue weighted by molar-refractivity contribution is 6.33. The van der Waals surface area contributed by atoms with Crippen LogP contribution in [0.4, 0.5) is 16.4 Å². The van der Waals surface area contributed by atoms with Gasteiger partial charge in [0.25, 0.3) is 0 Å². The summed E-state index contributed by atoms with van der Waals surface area (Å²) in [5.74, 6) is 0.473. The van der Waals surface area contributed by atoms with E-state index in [1.165, 1.54) is 0 Å². The number of benzene rings is 2. The number of urea groups is 1. The molecule has 6 heteroatoms. The largest absolute Gasteiger partial charge is 0.326 e. The van der Waals surface area contributed by atoms with Gasteiger partial charge in [0.1, 0.15) is 0 Å². The Labute approximate surface area is 126 Å². The third-order valence-electron chi connectivity index (χ3n) is 3.13. The SMILES string of the molecule is Cn1c(NC(=O)Nc2ccccc2Cl)nc2ccccc21. The normalized spacial score (nSPS) is 10.6. The van der Waals surface area contributed by atoms with Crippen LogP contribution < -0.4 is 10.6 Å². The third-order valence-corrected chi connectivity index (χ3v) is 3.46. The Kier molecular flexibility index (Phi) is 3.50. The lowest BCUT2D eigenvalue weighted by atomic mass is 10.3. The van der Waals surface area contributed by atoms with Crippen molar-refractivity contribution in [1.29, 1.82) is 0 Å². The summed E-state index contributed by atoms with van der Waals surface area (Å²) in [4.78, 5) is 16.4. The lowest BCUT2D eigenvalue weighted by Gasteiger charge is -2.08. The van der Waals surface area contributed by atoms with E-state index >= 15 is 0 Å². The molecule has 0 saturated heterocycles. The molecule has 0 unspecified atom stereocenters. The van der Waals surface area contributed by atoms with Crippen molar-refractivity contribution >= 4 is 40.3 Å². The molecule has 0 spiro atoms. The minimum Gasteiger partial charge on any atom is -0.313 e. The van der Waals surface area contributed by atoms with Gasteiger partial charge in [-0.1, -0.05) is 35.9 Å². The molecule has 3 rings (SSSR count). The predicted octanol–water partition coefficient (Wildman–Crippen LogP) is 3.87. The highest BCUT2D eigenvalue weighted by Crippen LogP contribution is 2.21. The van der Waals surface area contributed by atoms with Gasteiger partial charge in [-0.25, -0.2) is 9.78 Å². The summed E-state index contributed by atoms with van der Waals surface area (Å²) in [5.41, 5.74) is 2.33. The molecule has 0 aliphatic rings. The highest BCUT2D eigenvalue weighted by atomic mass is 35.5. The van der Waals surface area contributed by atoms with Crippen molar-refractivity contribution in [1.82, 2.24) is 9.55 Å². The van der Waals surface area contributed by atoms with E-state index < -0.39 is 0 Å². The fraction of sp³-hybridized carbons (Fsp3) is 0.0667. The fourth-order valence-corrected chi connectivity index (χ4v) is 2.26. The van der Waals surface area contributed by atoms with E-state index in [0.29, 0.717) is 16.7 Å². The molecule has 0 saturated carbocycles. The fourth-order valence-electron chi connectivity index (χ4n) is 2.08. The van der Waals surface area contributed by atoms with E-state index in [0.717, 1.165) is 11.0 Å². The maximum absolute atomic E-state index is 12.0. The zero-order valence-electron chi connectivity index (χ0n) is 11.3. The predicted molar refractivity (Wildman–Crippen MR) is 84.8 cm³/mol. The van der Waals surface area contributed by atoms with Crippen molar-refractivity contribution < 1.29 is 4.79 Å². The van der Waals surface area contributed by atoms with Crippen LogP contribution in [0.25, 0.3) is 11.0 Å². The Bertz CT molecular complexity index is 812. The standard InChI is InChI=1S/C15H13ClN4O/c1-20-13-9-5-4-8-12(13)17-14(20)19-15(21)18-11-7-3-2-6-10(11)16/h2-9H,1H3,(H2,17,18,19,21). The summed E-state index contributed by atoms with van der Waals surface area (Å²) in [7, 11) is 1.85. The highest BCUT2D eigenvalue weighted by Gasteiger charge is 2.11. The van der Waals surface area contributed by atoms with Gasteiger partial charge in [0.2, 0.25) is 5.95 Å². The number of nitrogens with one attached hydrogen (secondary N) is 2. The van der Waals surface area contributed by atoms with Crippen molar-refractivity contribution in [3.05, 3.63) is 53.6 Å². The number of hydrogen-bond donors (Lipinski definition) is 2. The van der Waals surface area contributed by atoms with Crippen LogP contribution >= 0.6 is 11.6 Å². The second-order valence-corrected chi connectivity index (χ2v) is 4.95. The van der Waals surface area contributed by atoms with E-state index in [9.17, 15) is 4.79 Å². The molecule has 1 heterocycles. The lowest BCUT2D eigenvalue weighted by molar-refractivity contribution is 0.262. The first-order valence-corrected chi connectivity index (χ1v) is 6.77. The number of hydrogen-bond acceptors (Lipinski definition) is 2. The van der Waals surface area contributed by atoms with Crippen LogP contribution in [0.15, 0.2) is 48.5 Å². The number of aryl methyl sites for hydroxylation is 1. The van der Waals surface area contributed by atoms with Crippen molar-refractivity contribution in [2.24, 2.45) is 7.05 Å². The van der Waals surface area contributed by atoms with Crippen LogP contribution in [0.3, 0.4) is 0 Å². The lowest BCUT2D eigenvalue weighted by Crippen LogP contribution is -2.21. The van der Waals surface area contributed by atoms with Crippen molar-refractivity contribution in [2.45, 2.75) is 0 Å². The van der Waals surface area contributed by atoms with Crippen LogP contribution in [0.5, 0.6) is 0 Å². The van der Waals surface area contributed by atoms with E-state index in [2.05, 4.69) is 15.6 Å². The summed E-state index contributed by atoms with van der Waals surface area (Å²) >= 11 is 6.00. The van der Waals surface area contributed by atoms with Crippen LogP contribution in [0.2, 0.25) is 5.02 Å². The first-order valence-electron chi connectivity index (χ1n) is 6.39. The smallest absolute Gasteiger partial charge is 0.313 e. The molecule has 21 heavy (non-hydrogen) atoms. The van der Waals surface area contributed by atoms with Gasteiger partial charge in [-0.05, 0) is 24.3 Å². The first-order chi connectivity index (χ1) is 10.1. The quantitative estimate of drug-likeness (QED) is 0.755. The summed E-state index contributed by atoms with van der Waals surface area (Å²) in [5, 5.41) is 5.90. The number of nitrogens with zero attached hydrogens (tertiary/aromatic N) is 2. The summed E-state index contributed by atoms with van der Waals surface area (Å²) in [6.45, 7) is 0. The number of carbonyl (C=O) groups excluding carboxylic acids is 1. The number of carbonyl (C=O) groups is 1. The second kappa shape index (κ2) is 5.46. The van der Waals surface area contributed by atoms with Gasteiger partial charge >= 0.3 is 6.03 Å². The van der Waals surface area contributed by atoms with Crippen molar-refractivity contribution in [3.63, 3.8) is 0 Å². The molecule has 0 aliphatic carbocycles. The molecule has 106 valence electrons. The number of rotatable bonds is 2. The molecular weight excluding hydrogens is 288 g/mol. The number of fused-ring (bicyclic) bond motifs is 1. The molecule has 2 aromatic carbocycles. The zero-order chi connectivity index (χ0) is 14.8. The van der Waals surface area contributed by atoms with E-state index in [1.807, 2.05) is 35.9 Å². The number of para-hydroxylation sites is 3. The molecule has 5 nitrogen and oxygen atoms in total. The van der Waals surface area contributed by atoms with Gasteiger partial charge in [0.05, 0.1) is 21.7 Å². The number of aromatic nitrogens is 2. The van der Waals surface area contributed by atoms with Gasteiger partial charge < -0.3 is 9.88 Å². The molecule has 0 radical (unpaired) electrons. The maximum Gasteiger partial charge on any atom is 0.326 e. The third kappa shape index (κ3) is 2.68. The molecule has 0 atom stereocenters. The molecule has 2 N–H and O–H groups in total. The number of imidazole rings is 1. The van der Waals surface area contributed by atoms with Crippen LogP contribution in [0, 0.1) is 0 Å². The minimum atomic E-state index is -0.387. The zero-order valence-corrected chi connectivity index (χ0v) is 12.1. The summed E-state index contributed by atoms with van der Waals surface area (Å²) in [6, 6.07) is 14.3. The first kappa shape index (κ1) is 13.5. The molecule has 0 fully saturated rings. The van der Waals surface area contributed by atoms with Gasteiger partial charge in [-0.2, -0.15) is 0 Å². The Hall–Kier alpha value is -2.53. The van der Waals surface area contributed by atoms with Crippen molar-refractivity contribution in [3.8, 4) is 0 Å². The van der Waals surface area contributed by atoms with Crippen LogP contribution in [0.1, 0.15) is 0 Å². The van der Waals surface area contributed by atoms with Gasteiger partial charge in [-0.15, -0.1) is 0 Å². The molecule has 3 aromatic rings. The topological polar surface area (TPSA) is 59.0 Å². The second-order valence-electron chi connectivity index (χ2n) is 4.54. The summed E-state index contributed by atoms with van der Waals surface area (Å²) in [6.07, 6.45) is 0. The Morgan fingerprint density at radius 3 is 2.57 bits per heavy atom. The molecule has 0 aliphatic heterocycles. The van der Waals surface area contributed by atoms with Crippen LogP contribution in [-0.4, -0.2) is 15.6 Å². The maximum atomic E-state index is 12.0. The average molecular weight is 301 g/mol. The minimum absolute atomic E-state index is 0.387. The van der Waals surface area contributed by atoms with Crippen LogP contribution in [-0.2, 0) is 7.05 Å². The molecule has 1 aromatic heterocycles. The molecule has 2 amide bonds. The van der Waals surface area contributed by atoms with Gasteiger partial charge in [0.15, 0.2) is 0 Å². The monoisotopic (exact) mass is 300 g/mol. The van der Waals surface area contributed by atoms with E-state index in [-0.39, 0.29) is 6.03 Å². The average Bonchev–Trinajstić information content (AvgIpc) is 2.78. The molecular formula is C15H13ClN4O.